The maximum atomic E-state index is 13.7. The van der Waals surface area contributed by atoms with E-state index in [9.17, 15) is 9.59 Å². The molecule has 178 valence electrons. The van der Waals surface area contributed by atoms with Crippen molar-refractivity contribution >= 4 is 23.4 Å². The third kappa shape index (κ3) is 7.19. The summed E-state index contributed by atoms with van der Waals surface area (Å²) in [4.78, 5) is 28.8. The van der Waals surface area contributed by atoms with Gasteiger partial charge in [-0.05, 0) is 55.5 Å². The van der Waals surface area contributed by atoms with Crippen molar-refractivity contribution in [2.75, 3.05) is 0 Å². The number of hydrogen-bond acceptors (Lipinski definition) is 2. The number of benzene rings is 3. The van der Waals surface area contributed by atoms with E-state index in [2.05, 4.69) is 5.32 Å². The number of halogens is 1. The van der Waals surface area contributed by atoms with Crippen molar-refractivity contribution in [1.82, 2.24) is 10.2 Å². The zero-order valence-corrected chi connectivity index (χ0v) is 20.9. The standard InChI is InChI=1S/C29H33ClN2O2/c1-21(2)31-29(34)27(19-23-12-5-4-6-13-23)32(20-25-15-8-7-11-22(25)3)28(33)18-17-24-14-9-10-16-26(24)30/h4-16,21,27H,17-20H2,1-3H3,(H,31,34)/t27-/m1/s1. The average Bonchev–Trinajstić information content (AvgIpc) is 2.82. The summed E-state index contributed by atoms with van der Waals surface area (Å²) in [6.45, 7) is 6.27. The molecule has 2 amide bonds. The van der Waals surface area contributed by atoms with Gasteiger partial charge in [-0.3, -0.25) is 9.59 Å². The van der Waals surface area contributed by atoms with Gasteiger partial charge in [-0.25, -0.2) is 0 Å². The Morgan fingerprint density at radius 1 is 0.882 bits per heavy atom. The Morgan fingerprint density at radius 3 is 2.15 bits per heavy atom. The van der Waals surface area contributed by atoms with Crippen LogP contribution in [0.4, 0.5) is 0 Å². The summed E-state index contributed by atoms with van der Waals surface area (Å²) in [6, 6.07) is 24.8. The summed E-state index contributed by atoms with van der Waals surface area (Å²) in [7, 11) is 0. The van der Waals surface area contributed by atoms with Crippen molar-refractivity contribution in [2.24, 2.45) is 0 Å². The van der Waals surface area contributed by atoms with Gasteiger partial charge in [0.25, 0.3) is 0 Å². The van der Waals surface area contributed by atoms with E-state index in [1.54, 1.807) is 4.90 Å². The molecule has 0 saturated carbocycles. The van der Waals surface area contributed by atoms with Crippen LogP contribution in [0.1, 0.15) is 42.5 Å². The largest absolute Gasteiger partial charge is 0.352 e. The molecule has 0 bridgehead atoms. The number of hydrogen-bond donors (Lipinski definition) is 1. The monoisotopic (exact) mass is 476 g/mol. The van der Waals surface area contributed by atoms with Crippen LogP contribution < -0.4 is 5.32 Å². The summed E-state index contributed by atoms with van der Waals surface area (Å²) in [5, 5.41) is 3.68. The summed E-state index contributed by atoms with van der Waals surface area (Å²) >= 11 is 6.33. The number of amides is 2. The first-order valence-electron chi connectivity index (χ1n) is 11.8. The number of carbonyl (C=O) groups excluding carboxylic acids is 2. The normalized spacial score (nSPS) is 11.8. The first-order valence-corrected chi connectivity index (χ1v) is 12.1. The SMILES string of the molecule is Cc1ccccc1CN(C(=O)CCc1ccccc1Cl)[C@H](Cc1ccccc1)C(=O)NC(C)C. The molecule has 0 heterocycles. The Morgan fingerprint density at radius 2 is 1.50 bits per heavy atom. The highest BCUT2D eigenvalue weighted by Gasteiger charge is 2.30. The molecule has 3 aromatic rings. The van der Waals surface area contributed by atoms with Crippen molar-refractivity contribution in [3.8, 4) is 0 Å². The maximum Gasteiger partial charge on any atom is 0.243 e. The fourth-order valence-electron chi connectivity index (χ4n) is 3.99. The van der Waals surface area contributed by atoms with Crippen LogP contribution in [0.25, 0.3) is 0 Å². The van der Waals surface area contributed by atoms with Crippen LogP contribution in [0.15, 0.2) is 78.9 Å². The fourth-order valence-corrected chi connectivity index (χ4v) is 4.22. The second-order valence-electron chi connectivity index (χ2n) is 8.91. The Balaban J connectivity index is 1.93. The molecule has 0 aliphatic carbocycles. The van der Waals surface area contributed by atoms with Crippen LogP contribution in [0.5, 0.6) is 0 Å². The Hall–Kier alpha value is -3.11. The van der Waals surface area contributed by atoms with Gasteiger partial charge in [0.05, 0.1) is 0 Å². The van der Waals surface area contributed by atoms with Crippen molar-refractivity contribution < 1.29 is 9.59 Å². The molecule has 0 aliphatic rings. The molecule has 0 radical (unpaired) electrons. The van der Waals surface area contributed by atoms with E-state index in [1.807, 2.05) is 99.6 Å². The number of carbonyl (C=O) groups is 2. The third-order valence-corrected chi connectivity index (χ3v) is 6.24. The highest BCUT2D eigenvalue weighted by Crippen LogP contribution is 2.21. The van der Waals surface area contributed by atoms with Gasteiger partial charge in [-0.1, -0.05) is 84.4 Å². The molecule has 0 fully saturated rings. The lowest BCUT2D eigenvalue weighted by molar-refractivity contribution is -0.141. The summed E-state index contributed by atoms with van der Waals surface area (Å²) in [6.07, 6.45) is 1.24. The zero-order chi connectivity index (χ0) is 24.5. The van der Waals surface area contributed by atoms with E-state index in [-0.39, 0.29) is 24.3 Å². The lowest BCUT2D eigenvalue weighted by atomic mass is 10.00. The van der Waals surface area contributed by atoms with Gasteiger partial charge in [-0.2, -0.15) is 0 Å². The fraction of sp³-hybridized carbons (Fsp3) is 0.310. The predicted molar refractivity (Wildman–Crippen MR) is 139 cm³/mol. The van der Waals surface area contributed by atoms with Gasteiger partial charge in [0.15, 0.2) is 0 Å². The lowest BCUT2D eigenvalue weighted by Gasteiger charge is -2.32. The number of nitrogens with zero attached hydrogens (tertiary/aromatic N) is 1. The van der Waals surface area contributed by atoms with E-state index >= 15 is 0 Å². The van der Waals surface area contributed by atoms with E-state index in [0.29, 0.717) is 24.4 Å². The van der Waals surface area contributed by atoms with Crippen LogP contribution in [-0.4, -0.2) is 28.8 Å². The molecule has 0 aliphatic heterocycles. The summed E-state index contributed by atoms with van der Waals surface area (Å²) < 4.78 is 0. The maximum absolute atomic E-state index is 13.7. The third-order valence-electron chi connectivity index (χ3n) is 5.87. The molecule has 0 aromatic heterocycles. The molecule has 5 heteroatoms. The van der Waals surface area contributed by atoms with Gasteiger partial charge in [0, 0.05) is 30.5 Å². The zero-order valence-electron chi connectivity index (χ0n) is 20.1. The second-order valence-corrected chi connectivity index (χ2v) is 9.32. The quantitative estimate of drug-likeness (QED) is 0.405. The summed E-state index contributed by atoms with van der Waals surface area (Å²) in [5.41, 5.74) is 4.07. The van der Waals surface area contributed by atoms with Crippen LogP contribution in [0.2, 0.25) is 5.02 Å². The van der Waals surface area contributed by atoms with Gasteiger partial charge >= 0.3 is 0 Å². The molecule has 4 nitrogen and oxygen atoms in total. The Labute approximate surface area is 207 Å². The highest BCUT2D eigenvalue weighted by molar-refractivity contribution is 6.31. The first kappa shape index (κ1) is 25.5. The minimum atomic E-state index is -0.622. The van der Waals surface area contributed by atoms with E-state index in [0.717, 1.165) is 22.3 Å². The minimum absolute atomic E-state index is 0.0238. The molecular weight excluding hydrogens is 444 g/mol. The van der Waals surface area contributed by atoms with Crippen molar-refractivity contribution in [3.63, 3.8) is 0 Å². The molecule has 34 heavy (non-hydrogen) atoms. The summed E-state index contributed by atoms with van der Waals surface area (Å²) in [5.74, 6) is -0.207. The predicted octanol–water partition coefficient (Wildman–Crippen LogP) is 5.75. The number of rotatable bonds is 10. The molecule has 1 atom stereocenters. The van der Waals surface area contributed by atoms with E-state index in [4.69, 9.17) is 11.6 Å². The molecule has 1 N–H and O–H groups in total. The molecule has 3 rings (SSSR count). The number of aryl methyl sites for hydroxylation is 2. The average molecular weight is 477 g/mol. The number of nitrogens with one attached hydrogen (secondary N) is 1. The van der Waals surface area contributed by atoms with Crippen LogP contribution in [0.3, 0.4) is 0 Å². The van der Waals surface area contributed by atoms with E-state index < -0.39 is 6.04 Å². The molecule has 0 unspecified atom stereocenters. The Kier molecular flexibility index (Phi) is 9.29. The van der Waals surface area contributed by atoms with Crippen LogP contribution in [-0.2, 0) is 29.0 Å². The van der Waals surface area contributed by atoms with Crippen LogP contribution >= 0.6 is 11.6 Å². The molecule has 0 saturated heterocycles. The van der Waals surface area contributed by atoms with Crippen molar-refractivity contribution in [3.05, 3.63) is 106 Å². The minimum Gasteiger partial charge on any atom is -0.352 e. The lowest BCUT2D eigenvalue weighted by Crippen LogP contribution is -2.51. The van der Waals surface area contributed by atoms with Gasteiger partial charge in [0.2, 0.25) is 11.8 Å². The molecular formula is C29H33ClN2O2. The smallest absolute Gasteiger partial charge is 0.243 e. The van der Waals surface area contributed by atoms with Gasteiger partial charge < -0.3 is 10.2 Å². The van der Waals surface area contributed by atoms with Gasteiger partial charge in [-0.15, -0.1) is 0 Å². The van der Waals surface area contributed by atoms with Crippen molar-refractivity contribution in [2.45, 2.75) is 58.7 Å². The van der Waals surface area contributed by atoms with Crippen LogP contribution in [0, 0.1) is 6.92 Å². The molecule has 3 aromatic carbocycles. The van der Waals surface area contributed by atoms with Crippen molar-refractivity contribution in [1.29, 1.82) is 0 Å². The van der Waals surface area contributed by atoms with E-state index in [1.165, 1.54) is 0 Å². The second kappa shape index (κ2) is 12.4. The first-order chi connectivity index (χ1) is 16.3. The Bertz CT molecular complexity index is 1100. The topological polar surface area (TPSA) is 49.4 Å². The molecule has 0 spiro atoms. The van der Waals surface area contributed by atoms with Gasteiger partial charge in [0.1, 0.15) is 6.04 Å². The highest BCUT2D eigenvalue weighted by atomic mass is 35.5.